The van der Waals surface area contributed by atoms with Crippen molar-refractivity contribution >= 4 is 130 Å². The van der Waals surface area contributed by atoms with Crippen LogP contribution in [0.25, 0.3) is 164 Å². The van der Waals surface area contributed by atoms with Gasteiger partial charge in [0.15, 0.2) is 0 Å². The molecule has 0 radical (unpaired) electrons. The Bertz CT molecular complexity index is 4380. The van der Waals surface area contributed by atoms with Crippen LogP contribution in [0.4, 0.5) is 0 Å². The third kappa shape index (κ3) is 5.16. The van der Waals surface area contributed by atoms with Crippen LogP contribution in [0.1, 0.15) is 0 Å². The highest BCUT2D eigenvalue weighted by Gasteiger charge is 2.20. The van der Waals surface area contributed by atoms with Gasteiger partial charge in [0.25, 0.3) is 0 Å². The van der Waals surface area contributed by atoms with Crippen LogP contribution >= 0.6 is 0 Å². The molecule has 16 aromatic rings. The van der Waals surface area contributed by atoms with Crippen molar-refractivity contribution in [2.75, 3.05) is 0 Å². The summed E-state index contributed by atoms with van der Waals surface area (Å²) in [7, 11) is 0. The van der Waals surface area contributed by atoms with E-state index in [-0.39, 0.29) is 0 Å². The van der Waals surface area contributed by atoms with E-state index in [1.807, 2.05) is 0 Å². The van der Waals surface area contributed by atoms with Gasteiger partial charge in [-0.15, -0.1) is 0 Å². The van der Waals surface area contributed by atoms with Gasteiger partial charge >= 0.3 is 0 Å². The summed E-state index contributed by atoms with van der Waals surface area (Å²) in [4.78, 5) is 0. The molecule has 0 saturated heterocycles. The summed E-state index contributed by atoms with van der Waals surface area (Å²) in [5.41, 5.74) is 11.9. The standard InChI is InChI=1S/C66H36O3/c1-10-37-13-4-25-55-61(37)49(16-1)52-22-7-19-46-43(28-31-58(67-55)64(46)52)40-34-41(44-29-32-59-65-47(44)20-8-23-53(65)50-17-2-11-38-14-5-26-56(68-59)62(38)50)36-42(35-40)45-30-33-60-66-48(45)21-9-24-54(66)51-18-3-12-39-15-6-27-57(69-60)63(39)51/h1-36H. The van der Waals surface area contributed by atoms with E-state index >= 15 is 0 Å². The predicted octanol–water partition coefficient (Wildman–Crippen LogP) is 19.3. The summed E-state index contributed by atoms with van der Waals surface area (Å²) in [6, 6.07) is 79.2. The first-order chi connectivity index (χ1) is 34.2. The molecule has 0 saturated carbocycles. The summed E-state index contributed by atoms with van der Waals surface area (Å²) < 4.78 is 20.6. The number of rotatable bonds is 3. The molecule has 0 amide bonds. The topological polar surface area (TPSA) is 39.4 Å². The molecule has 0 bridgehead atoms. The van der Waals surface area contributed by atoms with Gasteiger partial charge in [0.05, 0.1) is 0 Å². The first-order valence-electron chi connectivity index (χ1n) is 23.6. The number of fused-ring (bicyclic) bond motifs is 3. The molecule has 3 nitrogen and oxygen atoms in total. The van der Waals surface area contributed by atoms with E-state index in [9.17, 15) is 0 Å². The first kappa shape index (κ1) is 37.0. The van der Waals surface area contributed by atoms with Crippen molar-refractivity contribution in [3.05, 3.63) is 218 Å². The minimum Gasteiger partial charge on any atom is -0.456 e. The normalized spacial score (nSPS) is 12.3. The highest BCUT2D eigenvalue weighted by Crippen LogP contribution is 2.47. The third-order valence-corrected chi connectivity index (χ3v) is 15.0. The van der Waals surface area contributed by atoms with Gasteiger partial charge in [-0.1, -0.05) is 164 Å². The number of benzene rings is 13. The number of hydrogen-bond donors (Lipinski definition) is 0. The lowest BCUT2D eigenvalue weighted by Gasteiger charge is -2.16. The molecule has 0 aliphatic heterocycles. The maximum Gasteiger partial charge on any atom is 0.135 e. The van der Waals surface area contributed by atoms with Gasteiger partial charge in [-0.25, -0.2) is 0 Å². The SMILES string of the molecule is c1cc2cccc3c4cccc5c(-c6cc(-c7ccc8oc9cccc%10cccc(c%11cccc7c8%11)c%109)cc(-c7ccc8oc9cccc%10cccc(c%11cccc7c8%11)c%109)c6)ccc(oc(c1)c23)c54. The summed E-state index contributed by atoms with van der Waals surface area (Å²) in [5, 5.41) is 20.7. The zero-order chi connectivity index (χ0) is 44.9. The zero-order valence-electron chi connectivity index (χ0n) is 37.0. The van der Waals surface area contributed by atoms with E-state index in [1.165, 1.54) is 32.3 Å². The van der Waals surface area contributed by atoms with Crippen LogP contribution in [-0.2, 0) is 0 Å². The molecule has 3 heterocycles. The second-order valence-electron chi connectivity index (χ2n) is 18.6. The lowest BCUT2D eigenvalue weighted by molar-refractivity contribution is 0.664. The Labute approximate surface area is 393 Å². The van der Waals surface area contributed by atoms with E-state index in [2.05, 4.69) is 218 Å². The van der Waals surface area contributed by atoms with E-state index < -0.39 is 0 Å². The van der Waals surface area contributed by atoms with Gasteiger partial charge in [0.2, 0.25) is 0 Å². The fourth-order valence-electron chi connectivity index (χ4n) is 12.1. The molecule has 16 rings (SSSR count). The largest absolute Gasteiger partial charge is 0.456 e. The van der Waals surface area contributed by atoms with Gasteiger partial charge in [-0.2, -0.15) is 0 Å². The molecule has 3 aromatic heterocycles. The van der Waals surface area contributed by atoms with Gasteiger partial charge in [0.1, 0.15) is 33.5 Å². The molecule has 0 N–H and O–H groups in total. The Hall–Kier alpha value is -9.18. The van der Waals surface area contributed by atoms with Crippen LogP contribution in [0.3, 0.4) is 0 Å². The van der Waals surface area contributed by atoms with Crippen molar-refractivity contribution < 1.29 is 13.3 Å². The molecular formula is C66H36O3. The van der Waals surface area contributed by atoms with Crippen molar-refractivity contribution in [3.63, 3.8) is 0 Å². The third-order valence-electron chi connectivity index (χ3n) is 15.0. The predicted molar refractivity (Wildman–Crippen MR) is 290 cm³/mol. The molecule has 0 aliphatic rings. The molecule has 318 valence electrons. The smallest absolute Gasteiger partial charge is 0.135 e. The second kappa shape index (κ2) is 13.7. The van der Waals surface area contributed by atoms with Crippen molar-refractivity contribution in [3.8, 4) is 33.4 Å². The van der Waals surface area contributed by atoms with Crippen molar-refractivity contribution in [1.29, 1.82) is 0 Å². The maximum absolute atomic E-state index is 6.88. The summed E-state index contributed by atoms with van der Waals surface area (Å²) >= 11 is 0. The van der Waals surface area contributed by atoms with E-state index in [1.54, 1.807) is 0 Å². The molecule has 13 aromatic carbocycles. The lowest BCUT2D eigenvalue weighted by atomic mass is 9.87. The van der Waals surface area contributed by atoms with Crippen LogP contribution < -0.4 is 0 Å². The molecule has 0 atom stereocenters. The highest BCUT2D eigenvalue weighted by atomic mass is 16.3. The molecule has 0 spiro atoms. The van der Waals surface area contributed by atoms with Crippen molar-refractivity contribution in [2.24, 2.45) is 0 Å². The molecule has 0 aliphatic carbocycles. The maximum atomic E-state index is 6.88. The molecule has 3 heteroatoms. The van der Waals surface area contributed by atoms with E-state index in [0.29, 0.717) is 0 Å². The van der Waals surface area contributed by atoms with Crippen molar-refractivity contribution in [1.82, 2.24) is 0 Å². The minimum absolute atomic E-state index is 0.857. The first-order valence-corrected chi connectivity index (χ1v) is 23.6. The Balaban J connectivity index is 1.02. The van der Waals surface area contributed by atoms with Gasteiger partial charge in [0, 0.05) is 32.3 Å². The molecular weight excluding hydrogens is 841 g/mol. The van der Waals surface area contributed by atoms with Crippen LogP contribution in [0, 0.1) is 0 Å². The molecule has 0 unspecified atom stereocenters. The quantitative estimate of drug-likeness (QED) is 0.178. The summed E-state index contributed by atoms with van der Waals surface area (Å²) in [5.74, 6) is 0. The Morgan fingerprint density at radius 3 is 0.725 bits per heavy atom. The minimum atomic E-state index is 0.857. The summed E-state index contributed by atoms with van der Waals surface area (Å²) in [6.07, 6.45) is 0. The summed E-state index contributed by atoms with van der Waals surface area (Å²) in [6.45, 7) is 0. The Morgan fingerprint density at radius 1 is 0.188 bits per heavy atom. The van der Waals surface area contributed by atoms with Gasteiger partial charge < -0.3 is 13.3 Å². The van der Waals surface area contributed by atoms with Crippen LogP contribution in [0.2, 0.25) is 0 Å². The Morgan fingerprint density at radius 2 is 0.420 bits per heavy atom. The zero-order valence-corrected chi connectivity index (χ0v) is 37.0. The number of hydrogen-bond acceptors (Lipinski definition) is 3. The lowest BCUT2D eigenvalue weighted by Crippen LogP contribution is -1.90. The van der Waals surface area contributed by atoms with Crippen LogP contribution in [0.5, 0.6) is 0 Å². The second-order valence-corrected chi connectivity index (χ2v) is 18.6. The van der Waals surface area contributed by atoms with Crippen LogP contribution in [0.15, 0.2) is 232 Å². The average Bonchev–Trinajstić information content (AvgIpc) is 3.71. The fraction of sp³-hybridized carbons (Fsp3) is 0. The van der Waals surface area contributed by atoms with E-state index in [4.69, 9.17) is 13.3 Å². The van der Waals surface area contributed by atoms with Gasteiger partial charge in [-0.05, 0) is 153 Å². The fourth-order valence-corrected chi connectivity index (χ4v) is 12.1. The van der Waals surface area contributed by atoms with E-state index in [0.717, 1.165) is 132 Å². The highest BCUT2D eigenvalue weighted by molar-refractivity contribution is 6.28. The molecule has 69 heavy (non-hydrogen) atoms. The average molecular weight is 877 g/mol. The van der Waals surface area contributed by atoms with Gasteiger partial charge in [-0.3, -0.25) is 0 Å². The molecule has 0 fully saturated rings. The Kier molecular flexibility index (Phi) is 7.34. The monoisotopic (exact) mass is 876 g/mol. The van der Waals surface area contributed by atoms with Crippen molar-refractivity contribution in [2.45, 2.75) is 0 Å². The van der Waals surface area contributed by atoms with Crippen LogP contribution in [-0.4, -0.2) is 0 Å².